The molecular formula is C13H20N2OS. The fraction of sp³-hybridized carbons (Fsp3) is 0.615. The van der Waals surface area contributed by atoms with Crippen LogP contribution < -0.4 is 10.9 Å². The number of aryl methyl sites for hydroxylation is 1. The molecule has 94 valence electrons. The van der Waals surface area contributed by atoms with Crippen LogP contribution in [0.3, 0.4) is 0 Å². The van der Waals surface area contributed by atoms with Crippen LogP contribution in [0.5, 0.6) is 0 Å². The second-order valence-electron chi connectivity index (χ2n) is 4.56. The standard InChI is InChI=1S/C13H20N2OS/c1-3-7-15-9-11(4-5-13(15)16)14-12-6-8-17-10(12)2/h4-5,9-10,12,14H,3,6-8H2,1-2H3. The Bertz CT molecular complexity index is 430. The van der Waals surface area contributed by atoms with Crippen LogP contribution in [0.4, 0.5) is 5.69 Å². The van der Waals surface area contributed by atoms with E-state index < -0.39 is 0 Å². The molecule has 0 aliphatic carbocycles. The van der Waals surface area contributed by atoms with Crippen LogP contribution in [-0.4, -0.2) is 21.6 Å². The van der Waals surface area contributed by atoms with Crippen molar-refractivity contribution in [2.75, 3.05) is 11.1 Å². The summed E-state index contributed by atoms with van der Waals surface area (Å²) in [7, 11) is 0. The van der Waals surface area contributed by atoms with Crippen molar-refractivity contribution >= 4 is 17.4 Å². The molecule has 4 heteroatoms. The zero-order valence-electron chi connectivity index (χ0n) is 10.5. The summed E-state index contributed by atoms with van der Waals surface area (Å²) < 4.78 is 1.79. The van der Waals surface area contributed by atoms with Crippen molar-refractivity contribution in [2.45, 2.75) is 44.5 Å². The van der Waals surface area contributed by atoms with Crippen LogP contribution in [-0.2, 0) is 6.54 Å². The largest absolute Gasteiger partial charge is 0.380 e. The first-order chi connectivity index (χ1) is 8.20. The Morgan fingerprint density at radius 3 is 3.00 bits per heavy atom. The summed E-state index contributed by atoms with van der Waals surface area (Å²) in [6, 6.07) is 4.09. The molecule has 0 bridgehead atoms. The highest BCUT2D eigenvalue weighted by molar-refractivity contribution is 8.00. The van der Waals surface area contributed by atoms with Gasteiger partial charge in [-0.15, -0.1) is 0 Å². The summed E-state index contributed by atoms with van der Waals surface area (Å²) in [5.74, 6) is 1.23. The van der Waals surface area contributed by atoms with Crippen LogP contribution in [0.2, 0.25) is 0 Å². The molecule has 1 aromatic rings. The van der Waals surface area contributed by atoms with E-state index in [0.29, 0.717) is 11.3 Å². The van der Waals surface area contributed by atoms with Gasteiger partial charge in [-0.1, -0.05) is 13.8 Å². The lowest BCUT2D eigenvalue weighted by Crippen LogP contribution is -2.26. The summed E-state index contributed by atoms with van der Waals surface area (Å²) in [6.45, 7) is 5.14. The van der Waals surface area contributed by atoms with E-state index in [-0.39, 0.29) is 5.56 Å². The lowest BCUT2D eigenvalue weighted by atomic mass is 10.1. The molecule has 1 aliphatic heterocycles. The van der Waals surface area contributed by atoms with Gasteiger partial charge in [0, 0.05) is 30.1 Å². The van der Waals surface area contributed by atoms with Crippen molar-refractivity contribution < 1.29 is 0 Å². The van der Waals surface area contributed by atoms with Gasteiger partial charge in [0.1, 0.15) is 0 Å². The van der Waals surface area contributed by atoms with Gasteiger partial charge in [-0.25, -0.2) is 0 Å². The number of anilines is 1. The lowest BCUT2D eigenvalue weighted by Gasteiger charge is -2.18. The summed E-state index contributed by atoms with van der Waals surface area (Å²) >= 11 is 2.01. The second kappa shape index (κ2) is 5.63. The molecule has 0 radical (unpaired) electrons. The summed E-state index contributed by atoms with van der Waals surface area (Å²) in [5.41, 5.74) is 1.16. The predicted molar refractivity (Wildman–Crippen MR) is 74.9 cm³/mol. The molecule has 2 atom stereocenters. The van der Waals surface area contributed by atoms with Gasteiger partial charge in [-0.05, 0) is 24.7 Å². The predicted octanol–water partition coefficient (Wildman–Crippen LogP) is 2.56. The molecule has 1 aliphatic rings. The molecule has 2 unspecified atom stereocenters. The lowest BCUT2D eigenvalue weighted by molar-refractivity contribution is 0.651. The summed E-state index contributed by atoms with van der Waals surface area (Å²) in [4.78, 5) is 11.6. The van der Waals surface area contributed by atoms with Crippen molar-refractivity contribution in [3.8, 4) is 0 Å². The molecular weight excluding hydrogens is 232 g/mol. The first-order valence-corrected chi connectivity index (χ1v) is 7.34. The summed E-state index contributed by atoms with van der Waals surface area (Å²) in [6.07, 6.45) is 4.14. The maximum absolute atomic E-state index is 11.6. The Kier molecular flexibility index (Phi) is 4.15. The van der Waals surface area contributed by atoms with Gasteiger partial charge in [0.05, 0.1) is 5.69 Å². The number of aromatic nitrogens is 1. The minimum Gasteiger partial charge on any atom is -0.380 e. The van der Waals surface area contributed by atoms with E-state index in [9.17, 15) is 4.79 Å². The van der Waals surface area contributed by atoms with E-state index in [1.807, 2.05) is 24.0 Å². The number of pyridine rings is 1. The molecule has 2 heterocycles. The number of thioether (sulfide) groups is 1. The Morgan fingerprint density at radius 1 is 1.53 bits per heavy atom. The molecule has 1 fully saturated rings. The molecule has 17 heavy (non-hydrogen) atoms. The molecule has 0 aromatic carbocycles. The second-order valence-corrected chi connectivity index (χ2v) is 6.05. The van der Waals surface area contributed by atoms with E-state index in [1.54, 1.807) is 10.6 Å². The Morgan fingerprint density at radius 2 is 2.35 bits per heavy atom. The van der Waals surface area contributed by atoms with Crippen LogP contribution in [0, 0.1) is 0 Å². The highest BCUT2D eigenvalue weighted by Gasteiger charge is 2.23. The third-order valence-corrected chi connectivity index (χ3v) is 4.50. The molecule has 1 N–H and O–H groups in total. The minimum atomic E-state index is 0.0891. The van der Waals surface area contributed by atoms with Crippen molar-refractivity contribution in [3.63, 3.8) is 0 Å². The first kappa shape index (κ1) is 12.6. The van der Waals surface area contributed by atoms with Crippen molar-refractivity contribution in [3.05, 3.63) is 28.7 Å². The topological polar surface area (TPSA) is 34.0 Å². The normalized spacial score (nSPS) is 23.9. The molecule has 3 nitrogen and oxygen atoms in total. The van der Waals surface area contributed by atoms with Crippen molar-refractivity contribution in [1.29, 1.82) is 0 Å². The zero-order chi connectivity index (χ0) is 12.3. The Balaban J connectivity index is 2.10. The molecule has 1 saturated heterocycles. The fourth-order valence-electron chi connectivity index (χ4n) is 2.17. The van der Waals surface area contributed by atoms with Gasteiger partial charge in [-0.2, -0.15) is 11.8 Å². The Hall–Kier alpha value is -0.900. The monoisotopic (exact) mass is 252 g/mol. The van der Waals surface area contributed by atoms with E-state index >= 15 is 0 Å². The van der Waals surface area contributed by atoms with Gasteiger partial charge in [0.2, 0.25) is 0 Å². The van der Waals surface area contributed by atoms with Gasteiger partial charge in [-0.3, -0.25) is 4.79 Å². The number of hydrogen-bond acceptors (Lipinski definition) is 3. The van der Waals surface area contributed by atoms with E-state index in [0.717, 1.165) is 18.7 Å². The van der Waals surface area contributed by atoms with E-state index in [2.05, 4.69) is 19.2 Å². The van der Waals surface area contributed by atoms with Crippen LogP contribution in [0.15, 0.2) is 23.1 Å². The highest BCUT2D eigenvalue weighted by Crippen LogP contribution is 2.28. The van der Waals surface area contributed by atoms with Crippen LogP contribution in [0.1, 0.15) is 26.7 Å². The average molecular weight is 252 g/mol. The SMILES string of the molecule is CCCn1cc(NC2CCSC2C)ccc1=O. The van der Waals surface area contributed by atoms with E-state index in [1.165, 1.54) is 12.2 Å². The number of hydrogen-bond donors (Lipinski definition) is 1. The molecule has 0 spiro atoms. The average Bonchev–Trinajstić information content (AvgIpc) is 2.70. The highest BCUT2D eigenvalue weighted by atomic mass is 32.2. The van der Waals surface area contributed by atoms with Crippen molar-refractivity contribution in [2.24, 2.45) is 0 Å². The minimum absolute atomic E-state index is 0.0891. The summed E-state index contributed by atoms with van der Waals surface area (Å²) in [5, 5.41) is 4.19. The van der Waals surface area contributed by atoms with Gasteiger partial charge in [0.25, 0.3) is 5.56 Å². The van der Waals surface area contributed by atoms with Gasteiger partial charge < -0.3 is 9.88 Å². The van der Waals surface area contributed by atoms with Crippen molar-refractivity contribution in [1.82, 2.24) is 4.57 Å². The molecule has 1 aromatic heterocycles. The number of nitrogens with one attached hydrogen (secondary N) is 1. The fourth-order valence-corrected chi connectivity index (χ4v) is 3.37. The molecule has 2 rings (SSSR count). The van der Waals surface area contributed by atoms with Gasteiger partial charge >= 0.3 is 0 Å². The maximum atomic E-state index is 11.6. The number of rotatable bonds is 4. The number of nitrogens with zero attached hydrogens (tertiary/aromatic N) is 1. The molecule has 0 amide bonds. The zero-order valence-corrected chi connectivity index (χ0v) is 11.3. The first-order valence-electron chi connectivity index (χ1n) is 6.29. The van der Waals surface area contributed by atoms with Crippen LogP contribution >= 0.6 is 11.8 Å². The van der Waals surface area contributed by atoms with E-state index in [4.69, 9.17) is 0 Å². The smallest absolute Gasteiger partial charge is 0.250 e. The quantitative estimate of drug-likeness (QED) is 0.894. The third kappa shape index (κ3) is 3.06. The van der Waals surface area contributed by atoms with Gasteiger partial charge in [0.15, 0.2) is 0 Å². The van der Waals surface area contributed by atoms with Crippen LogP contribution in [0.25, 0.3) is 0 Å². The molecule has 0 saturated carbocycles. The Labute approximate surface area is 107 Å². The third-order valence-electron chi connectivity index (χ3n) is 3.18. The maximum Gasteiger partial charge on any atom is 0.250 e.